The highest BCUT2D eigenvalue weighted by Crippen LogP contribution is 2.15. The molecule has 0 saturated heterocycles. The van der Waals surface area contributed by atoms with Gasteiger partial charge in [0, 0.05) is 0 Å². The second-order valence-electron chi connectivity index (χ2n) is 8.04. The Hall–Kier alpha value is -5.87. The standard InChI is InChI=1S/C26H22N6O10/c27-19-17(21(35)29-15(11-33)25(39)41-23(37)13-7-3-1-4-8-13)31-20(28)18(32-19)22(36)30-16(12-34)26(40)42-24(38)14-9-5-2-6-10-14/h1-10,15,33-34H,11-12H2,(H2,28,31)(H2,27,32)(H,29,35)/b30-16+/t15-/m1/s1. The molecule has 0 radical (unpaired) electrons. The first-order chi connectivity index (χ1) is 20.0. The number of hydrogen-bond donors (Lipinski definition) is 5. The van der Waals surface area contributed by atoms with E-state index >= 15 is 0 Å². The van der Waals surface area contributed by atoms with Crippen LogP contribution in [0.5, 0.6) is 0 Å². The Bertz CT molecular complexity index is 1560. The van der Waals surface area contributed by atoms with Crippen molar-refractivity contribution in [1.29, 1.82) is 0 Å². The molecule has 0 fully saturated rings. The number of hydrogen-bond acceptors (Lipinski definition) is 14. The number of benzene rings is 2. The molecule has 0 spiro atoms. The highest BCUT2D eigenvalue weighted by atomic mass is 16.6. The Balaban J connectivity index is 1.72. The largest absolute Gasteiger partial charge is 0.394 e. The molecule has 0 bridgehead atoms. The van der Waals surface area contributed by atoms with Crippen LogP contribution in [0.4, 0.5) is 11.6 Å². The minimum absolute atomic E-state index is 0.0192. The topological polar surface area (TPSA) is 264 Å². The highest BCUT2D eigenvalue weighted by molar-refractivity contribution is 6.40. The summed E-state index contributed by atoms with van der Waals surface area (Å²) in [5.74, 6) is -8.72. The minimum Gasteiger partial charge on any atom is -0.394 e. The number of ether oxygens (including phenoxy) is 2. The fourth-order valence-corrected chi connectivity index (χ4v) is 3.08. The lowest BCUT2D eigenvalue weighted by Gasteiger charge is -2.15. The highest BCUT2D eigenvalue weighted by Gasteiger charge is 2.28. The van der Waals surface area contributed by atoms with Crippen LogP contribution >= 0.6 is 0 Å². The van der Waals surface area contributed by atoms with Crippen molar-refractivity contribution in [1.82, 2.24) is 15.3 Å². The van der Waals surface area contributed by atoms with E-state index in [0.29, 0.717) is 0 Å². The van der Waals surface area contributed by atoms with Crippen molar-refractivity contribution in [3.05, 3.63) is 83.2 Å². The fraction of sp³-hybridized carbons (Fsp3) is 0.115. The zero-order valence-corrected chi connectivity index (χ0v) is 21.4. The molecule has 16 heteroatoms. The number of rotatable bonds is 9. The van der Waals surface area contributed by atoms with Gasteiger partial charge in [-0.1, -0.05) is 36.4 Å². The molecule has 1 aromatic heterocycles. The van der Waals surface area contributed by atoms with Crippen LogP contribution in [0.1, 0.15) is 41.7 Å². The number of anilines is 2. The molecule has 3 rings (SSSR count). The Labute approximate surface area is 236 Å². The lowest BCUT2D eigenvalue weighted by atomic mass is 10.2. The molecular formula is C26H22N6O10. The number of aliphatic hydroxyl groups excluding tert-OH is 2. The third-order valence-electron chi connectivity index (χ3n) is 5.16. The summed E-state index contributed by atoms with van der Waals surface area (Å²) in [7, 11) is 0. The summed E-state index contributed by atoms with van der Waals surface area (Å²) in [6, 6.07) is 13.1. The van der Waals surface area contributed by atoms with E-state index in [9.17, 15) is 39.0 Å². The van der Waals surface area contributed by atoms with Crippen LogP contribution in [0, 0.1) is 0 Å². The molecule has 216 valence electrons. The summed E-state index contributed by atoms with van der Waals surface area (Å²) in [5.41, 5.74) is 9.21. The van der Waals surface area contributed by atoms with Crippen LogP contribution in [0.2, 0.25) is 0 Å². The van der Waals surface area contributed by atoms with Crippen molar-refractivity contribution < 1.29 is 48.5 Å². The number of nitrogens with one attached hydrogen (secondary N) is 1. The second-order valence-corrected chi connectivity index (χ2v) is 8.04. The lowest BCUT2D eigenvalue weighted by Crippen LogP contribution is -2.45. The molecular weight excluding hydrogens is 556 g/mol. The fourth-order valence-electron chi connectivity index (χ4n) is 3.08. The number of aliphatic imine (C=N–C) groups is 1. The average molecular weight is 578 g/mol. The minimum atomic E-state index is -1.73. The van der Waals surface area contributed by atoms with E-state index in [-0.39, 0.29) is 11.1 Å². The predicted octanol–water partition coefficient (Wildman–Crippen LogP) is -0.928. The molecule has 2 aromatic carbocycles. The summed E-state index contributed by atoms with van der Waals surface area (Å²) >= 11 is 0. The maximum atomic E-state index is 12.7. The van der Waals surface area contributed by atoms with Crippen molar-refractivity contribution >= 4 is 53.0 Å². The van der Waals surface area contributed by atoms with Gasteiger partial charge in [0.25, 0.3) is 11.8 Å². The molecule has 42 heavy (non-hydrogen) atoms. The molecule has 3 aromatic rings. The van der Waals surface area contributed by atoms with Crippen LogP contribution in [-0.2, 0) is 19.1 Å². The summed E-state index contributed by atoms with van der Waals surface area (Å²) in [5, 5.41) is 21.1. The van der Waals surface area contributed by atoms with E-state index in [1.807, 2.05) is 0 Å². The molecule has 2 amide bonds. The van der Waals surface area contributed by atoms with Crippen LogP contribution in [0.15, 0.2) is 65.7 Å². The molecule has 1 atom stereocenters. The monoisotopic (exact) mass is 578 g/mol. The van der Waals surface area contributed by atoms with Crippen molar-refractivity contribution in [2.45, 2.75) is 6.04 Å². The normalized spacial score (nSPS) is 11.6. The first kappa shape index (κ1) is 30.7. The van der Waals surface area contributed by atoms with Gasteiger partial charge in [0.1, 0.15) is 0 Å². The maximum Gasteiger partial charge on any atom is 0.363 e. The smallest absolute Gasteiger partial charge is 0.363 e. The Kier molecular flexibility index (Phi) is 10.2. The van der Waals surface area contributed by atoms with E-state index in [1.54, 1.807) is 12.1 Å². The molecule has 0 aliphatic heterocycles. The third kappa shape index (κ3) is 7.62. The van der Waals surface area contributed by atoms with Crippen LogP contribution in [-0.4, -0.2) is 80.8 Å². The Morgan fingerprint density at radius 3 is 1.81 bits per heavy atom. The molecule has 0 unspecified atom stereocenters. The van der Waals surface area contributed by atoms with Gasteiger partial charge in [-0.05, 0) is 24.3 Å². The van der Waals surface area contributed by atoms with Gasteiger partial charge in [-0.25, -0.2) is 34.1 Å². The van der Waals surface area contributed by atoms with Crippen molar-refractivity contribution in [2.24, 2.45) is 4.99 Å². The van der Waals surface area contributed by atoms with Gasteiger partial charge in [0.05, 0.1) is 24.3 Å². The molecule has 16 nitrogen and oxygen atoms in total. The first-order valence-electron chi connectivity index (χ1n) is 11.8. The average Bonchev–Trinajstić information content (AvgIpc) is 2.99. The van der Waals surface area contributed by atoms with E-state index in [1.165, 1.54) is 48.5 Å². The van der Waals surface area contributed by atoms with Gasteiger partial charge < -0.3 is 36.5 Å². The number of carbonyl (C=O) groups is 6. The van der Waals surface area contributed by atoms with Gasteiger partial charge in [0.2, 0.25) is 0 Å². The number of aliphatic hydroxyl groups is 2. The molecule has 0 aliphatic rings. The number of amides is 2. The van der Waals surface area contributed by atoms with Crippen molar-refractivity contribution in [3.8, 4) is 0 Å². The van der Waals surface area contributed by atoms with Gasteiger partial charge in [-0.15, -0.1) is 0 Å². The van der Waals surface area contributed by atoms with E-state index in [0.717, 1.165) is 0 Å². The zero-order valence-electron chi connectivity index (χ0n) is 21.4. The maximum absolute atomic E-state index is 12.7. The summed E-state index contributed by atoms with van der Waals surface area (Å²) < 4.78 is 9.27. The zero-order chi connectivity index (χ0) is 30.8. The quantitative estimate of drug-likeness (QED) is 0.117. The number of carbonyl (C=O) groups excluding carboxylic acids is 6. The Morgan fingerprint density at radius 1 is 0.786 bits per heavy atom. The van der Waals surface area contributed by atoms with Crippen LogP contribution in [0.3, 0.4) is 0 Å². The van der Waals surface area contributed by atoms with Gasteiger partial charge in [0.15, 0.2) is 34.8 Å². The van der Waals surface area contributed by atoms with Crippen LogP contribution in [0.25, 0.3) is 0 Å². The van der Waals surface area contributed by atoms with Crippen molar-refractivity contribution in [2.75, 3.05) is 24.7 Å². The van der Waals surface area contributed by atoms with E-state index in [2.05, 4.69) is 29.8 Å². The van der Waals surface area contributed by atoms with Gasteiger partial charge in [-0.2, -0.15) is 0 Å². The van der Waals surface area contributed by atoms with E-state index in [4.69, 9.17) is 11.5 Å². The van der Waals surface area contributed by atoms with Gasteiger partial charge in [-0.3, -0.25) is 9.59 Å². The SMILES string of the molecule is Nc1nc(C(=O)N[C@H](CO)C(=O)OC(=O)c2ccccc2)c(N)nc1C(=O)/N=C(\CO)C(=O)OC(=O)c1ccccc1. The van der Waals surface area contributed by atoms with E-state index < -0.39 is 83.7 Å². The molecule has 1 heterocycles. The summed E-state index contributed by atoms with van der Waals surface area (Å²) in [4.78, 5) is 84.7. The summed E-state index contributed by atoms with van der Waals surface area (Å²) in [6.45, 7) is -2.09. The summed E-state index contributed by atoms with van der Waals surface area (Å²) in [6.07, 6.45) is 0. The second kappa shape index (κ2) is 14.0. The molecule has 0 aliphatic carbocycles. The molecule has 7 N–H and O–H groups in total. The Morgan fingerprint density at radius 2 is 1.29 bits per heavy atom. The molecule has 0 saturated carbocycles. The third-order valence-corrected chi connectivity index (χ3v) is 5.16. The number of aromatic nitrogens is 2. The predicted molar refractivity (Wildman–Crippen MR) is 142 cm³/mol. The number of esters is 4. The van der Waals surface area contributed by atoms with Crippen LogP contribution < -0.4 is 16.8 Å². The number of nitrogens with two attached hydrogens (primary N) is 2. The van der Waals surface area contributed by atoms with Gasteiger partial charge >= 0.3 is 23.9 Å². The first-order valence-corrected chi connectivity index (χ1v) is 11.8. The lowest BCUT2D eigenvalue weighted by molar-refractivity contribution is -0.141. The number of nitrogen functional groups attached to an aromatic ring is 2. The van der Waals surface area contributed by atoms with Crippen molar-refractivity contribution in [3.63, 3.8) is 0 Å². The number of nitrogens with zero attached hydrogens (tertiary/aromatic N) is 3.